The van der Waals surface area contributed by atoms with Crippen LogP contribution in [0.4, 0.5) is 11.4 Å². The molecule has 0 saturated heterocycles. The molecular formula is C20H20N4O4S2. The number of nitrogens with one attached hydrogen (secondary N) is 3. The maximum absolute atomic E-state index is 12.1. The van der Waals surface area contributed by atoms with Gasteiger partial charge in [-0.05, 0) is 36.4 Å². The van der Waals surface area contributed by atoms with E-state index in [9.17, 15) is 14.4 Å². The molecule has 1 aromatic carbocycles. The van der Waals surface area contributed by atoms with Crippen LogP contribution >= 0.6 is 23.1 Å². The van der Waals surface area contributed by atoms with E-state index < -0.39 is 0 Å². The Morgan fingerprint density at radius 3 is 2.47 bits per heavy atom. The molecule has 3 amide bonds. The predicted molar refractivity (Wildman–Crippen MR) is 116 cm³/mol. The van der Waals surface area contributed by atoms with E-state index in [1.54, 1.807) is 42.7 Å². The van der Waals surface area contributed by atoms with Crippen LogP contribution in [0.3, 0.4) is 0 Å². The maximum atomic E-state index is 12.1. The fourth-order valence-electron chi connectivity index (χ4n) is 2.43. The Labute approximate surface area is 181 Å². The second-order valence-electron chi connectivity index (χ2n) is 6.23. The van der Waals surface area contributed by atoms with Gasteiger partial charge in [-0.15, -0.1) is 11.3 Å². The lowest BCUT2D eigenvalue weighted by atomic mass is 10.3. The van der Waals surface area contributed by atoms with Crippen LogP contribution in [0.1, 0.15) is 18.4 Å². The van der Waals surface area contributed by atoms with Crippen molar-refractivity contribution in [2.75, 3.05) is 16.4 Å². The first-order chi connectivity index (χ1) is 14.5. The Balaban J connectivity index is 1.40. The van der Waals surface area contributed by atoms with Crippen LogP contribution in [0.15, 0.2) is 56.8 Å². The van der Waals surface area contributed by atoms with Crippen LogP contribution in [-0.2, 0) is 27.3 Å². The SMILES string of the molecule is CC(=O)Nc1ccc(NC(=O)CSc2nc(CC(=O)NCc3ccco3)cs2)cc1. The fraction of sp³-hybridized carbons (Fsp3) is 0.200. The minimum Gasteiger partial charge on any atom is -0.467 e. The lowest BCUT2D eigenvalue weighted by molar-refractivity contribution is -0.120. The van der Waals surface area contributed by atoms with Crippen LogP contribution in [0.25, 0.3) is 0 Å². The molecule has 0 bridgehead atoms. The third-order valence-electron chi connectivity index (χ3n) is 3.73. The molecule has 0 radical (unpaired) electrons. The highest BCUT2D eigenvalue weighted by molar-refractivity contribution is 8.01. The molecular weight excluding hydrogens is 424 g/mol. The average Bonchev–Trinajstić information content (AvgIpc) is 3.38. The standard InChI is InChI=1S/C20H20N4O4S2/c1-13(25)22-14-4-6-15(7-5-14)23-19(27)12-30-20-24-16(11-29-20)9-18(26)21-10-17-3-2-8-28-17/h2-8,11H,9-10,12H2,1H3,(H,21,26)(H,22,25)(H,23,27). The molecule has 0 saturated carbocycles. The van der Waals surface area contributed by atoms with E-state index in [-0.39, 0.29) is 29.9 Å². The van der Waals surface area contributed by atoms with Crippen molar-refractivity contribution in [3.8, 4) is 0 Å². The summed E-state index contributed by atoms with van der Waals surface area (Å²) in [6.07, 6.45) is 1.73. The molecule has 10 heteroatoms. The van der Waals surface area contributed by atoms with Crippen molar-refractivity contribution in [1.29, 1.82) is 0 Å². The summed E-state index contributed by atoms with van der Waals surface area (Å²) in [6, 6.07) is 10.4. The fourth-order valence-corrected chi connectivity index (χ4v) is 4.07. The zero-order valence-corrected chi connectivity index (χ0v) is 17.8. The van der Waals surface area contributed by atoms with E-state index in [1.807, 2.05) is 5.38 Å². The number of amides is 3. The predicted octanol–water partition coefficient (Wildman–Crippen LogP) is 3.28. The molecule has 0 aliphatic carbocycles. The molecule has 0 unspecified atom stereocenters. The molecule has 0 fully saturated rings. The Hall–Kier alpha value is -3.11. The van der Waals surface area contributed by atoms with Gasteiger partial charge in [0.1, 0.15) is 5.76 Å². The van der Waals surface area contributed by atoms with E-state index in [1.165, 1.54) is 30.0 Å². The molecule has 0 spiro atoms. The highest BCUT2D eigenvalue weighted by Crippen LogP contribution is 2.23. The van der Waals surface area contributed by atoms with Crippen LogP contribution in [-0.4, -0.2) is 28.5 Å². The molecule has 3 aromatic rings. The first-order valence-electron chi connectivity index (χ1n) is 9.02. The zero-order valence-electron chi connectivity index (χ0n) is 16.1. The quantitative estimate of drug-likeness (QED) is 0.437. The average molecular weight is 445 g/mol. The molecule has 0 aliphatic heterocycles. The Morgan fingerprint density at radius 1 is 1.07 bits per heavy atom. The van der Waals surface area contributed by atoms with Crippen LogP contribution in [0.5, 0.6) is 0 Å². The number of benzene rings is 1. The number of nitrogens with zero attached hydrogens (tertiary/aromatic N) is 1. The van der Waals surface area contributed by atoms with Crippen molar-refractivity contribution in [3.05, 3.63) is 59.5 Å². The largest absolute Gasteiger partial charge is 0.467 e. The van der Waals surface area contributed by atoms with Crippen LogP contribution in [0, 0.1) is 0 Å². The summed E-state index contributed by atoms with van der Waals surface area (Å²) in [5.74, 6) is 0.425. The Kier molecular flexibility index (Phi) is 7.63. The number of thiazole rings is 1. The number of furan rings is 1. The van der Waals surface area contributed by atoms with Gasteiger partial charge in [0.05, 0.1) is 30.7 Å². The molecule has 156 valence electrons. The number of anilines is 2. The molecule has 2 aromatic heterocycles. The van der Waals surface area contributed by atoms with E-state index in [4.69, 9.17) is 4.42 Å². The first-order valence-corrected chi connectivity index (χ1v) is 10.9. The lowest BCUT2D eigenvalue weighted by Crippen LogP contribution is -2.24. The molecule has 3 N–H and O–H groups in total. The summed E-state index contributed by atoms with van der Waals surface area (Å²) < 4.78 is 5.89. The lowest BCUT2D eigenvalue weighted by Gasteiger charge is -2.06. The summed E-state index contributed by atoms with van der Waals surface area (Å²) >= 11 is 2.71. The molecule has 0 aliphatic rings. The second-order valence-corrected chi connectivity index (χ2v) is 8.31. The number of thioether (sulfide) groups is 1. The van der Waals surface area contributed by atoms with Crippen molar-refractivity contribution >= 4 is 52.2 Å². The van der Waals surface area contributed by atoms with Crippen LogP contribution in [0.2, 0.25) is 0 Å². The van der Waals surface area contributed by atoms with Crippen molar-refractivity contribution in [2.45, 2.75) is 24.2 Å². The highest BCUT2D eigenvalue weighted by Gasteiger charge is 2.11. The number of carbonyl (C=O) groups is 3. The number of rotatable bonds is 9. The number of hydrogen-bond acceptors (Lipinski definition) is 7. The summed E-state index contributed by atoms with van der Waals surface area (Å²) in [6.45, 7) is 1.77. The molecule has 30 heavy (non-hydrogen) atoms. The third kappa shape index (κ3) is 7.05. The summed E-state index contributed by atoms with van der Waals surface area (Å²) in [5.41, 5.74) is 1.97. The van der Waals surface area contributed by atoms with Gasteiger partial charge in [0.25, 0.3) is 0 Å². The second kappa shape index (κ2) is 10.6. The minimum atomic E-state index is -0.166. The summed E-state index contributed by atoms with van der Waals surface area (Å²) in [7, 11) is 0. The van der Waals surface area contributed by atoms with Gasteiger partial charge in [-0.25, -0.2) is 4.98 Å². The molecule has 3 rings (SSSR count). The highest BCUT2D eigenvalue weighted by atomic mass is 32.2. The Bertz CT molecular complexity index is 1000. The maximum Gasteiger partial charge on any atom is 0.234 e. The minimum absolute atomic E-state index is 0.145. The number of hydrogen-bond donors (Lipinski definition) is 3. The number of aromatic nitrogens is 1. The third-order valence-corrected chi connectivity index (χ3v) is 5.80. The monoisotopic (exact) mass is 444 g/mol. The van der Waals surface area contributed by atoms with Crippen molar-refractivity contribution in [3.63, 3.8) is 0 Å². The van der Waals surface area contributed by atoms with Gasteiger partial charge in [0.15, 0.2) is 4.34 Å². The topological polar surface area (TPSA) is 113 Å². The number of carbonyl (C=O) groups excluding carboxylic acids is 3. The smallest absolute Gasteiger partial charge is 0.234 e. The van der Waals surface area contributed by atoms with E-state index in [0.717, 1.165) is 4.34 Å². The van der Waals surface area contributed by atoms with E-state index >= 15 is 0 Å². The van der Waals surface area contributed by atoms with Gasteiger partial charge in [0, 0.05) is 23.7 Å². The Morgan fingerprint density at radius 2 is 1.80 bits per heavy atom. The van der Waals surface area contributed by atoms with Gasteiger partial charge in [0.2, 0.25) is 17.7 Å². The summed E-state index contributed by atoms with van der Waals surface area (Å²) in [5, 5.41) is 10.0. The van der Waals surface area contributed by atoms with Crippen LogP contribution < -0.4 is 16.0 Å². The van der Waals surface area contributed by atoms with Gasteiger partial charge >= 0.3 is 0 Å². The van der Waals surface area contributed by atoms with Crippen molar-refractivity contribution in [1.82, 2.24) is 10.3 Å². The normalized spacial score (nSPS) is 10.4. The summed E-state index contributed by atoms with van der Waals surface area (Å²) in [4.78, 5) is 39.5. The molecule has 0 atom stereocenters. The van der Waals surface area contributed by atoms with Gasteiger partial charge < -0.3 is 20.4 Å². The van der Waals surface area contributed by atoms with E-state index in [2.05, 4.69) is 20.9 Å². The van der Waals surface area contributed by atoms with Crippen molar-refractivity contribution in [2.24, 2.45) is 0 Å². The first kappa shape index (κ1) is 21.6. The molecule has 8 nitrogen and oxygen atoms in total. The van der Waals surface area contributed by atoms with Gasteiger partial charge in [-0.1, -0.05) is 11.8 Å². The molecule has 2 heterocycles. The van der Waals surface area contributed by atoms with Gasteiger partial charge in [-0.2, -0.15) is 0 Å². The van der Waals surface area contributed by atoms with Crippen molar-refractivity contribution < 1.29 is 18.8 Å². The van der Waals surface area contributed by atoms with Gasteiger partial charge in [-0.3, -0.25) is 14.4 Å². The zero-order chi connectivity index (χ0) is 21.3. The van der Waals surface area contributed by atoms with E-state index in [0.29, 0.717) is 29.4 Å².